The Bertz CT molecular complexity index is 1180. The van der Waals surface area contributed by atoms with Crippen LogP contribution in [-0.4, -0.2) is 18.9 Å². The summed E-state index contributed by atoms with van der Waals surface area (Å²) in [6.07, 6.45) is 4.87. The maximum atomic E-state index is 12.8. The van der Waals surface area contributed by atoms with Gasteiger partial charge in [-0.15, -0.1) is 11.3 Å². The number of sulfonamides is 1. The van der Waals surface area contributed by atoms with E-state index < -0.39 is 10.0 Å². The maximum Gasteiger partial charge on any atom is 0.250 e. The molecule has 1 aliphatic rings. The van der Waals surface area contributed by atoms with Gasteiger partial charge in [0.1, 0.15) is 4.21 Å². The number of hydrogen-bond donors (Lipinski definition) is 1. The number of aromatic nitrogens is 1. The molecule has 27 heavy (non-hydrogen) atoms. The van der Waals surface area contributed by atoms with Gasteiger partial charge in [0.2, 0.25) is 10.0 Å². The average Bonchev–Trinajstić information content (AvgIpc) is 3.10. The first-order valence-corrected chi connectivity index (χ1v) is 11.1. The van der Waals surface area contributed by atoms with Crippen LogP contribution in [0.1, 0.15) is 17.9 Å². The van der Waals surface area contributed by atoms with Crippen molar-refractivity contribution in [3.8, 4) is 10.4 Å². The zero-order valence-electron chi connectivity index (χ0n) is 14.4. The third-order valence-corrected chi connectivity index (χ3v) is 8.08. The summed E-state index contributed by atoms with van der Waals surface area (Å²) >= 11 is 1.31. The molecule has 0 saturated heterocycles. The minimum Gasteiger partial charge on any atom is -0.323 e. The van der Waals surface area contributed by atoms with E-state index in [9.17, 15) is 8.42 Å². The SMILES string of the molecule is O=S(=O)(N[C@H]1C[C@@H]1c1ccccc1)c1ccc(-c2cc3ccccn3c2)s1. The van der Waals surface area contributed by atoms with Crippen molar-refractivity contribution >= 4 is 26.9 Å². The topological polar surface area (TPSA) is 50.6 Å². The first-order chi connectivity index (χ1) is 13.1. The molecule has 1 aliphatic carbocycles. The molecule has 3 heterocycles. The van der Waals surface area contributed by atoms with Crippen molar-refractivity contribution in [3.05, 3.63) is 84.7 Å². The van der Waals surface area contributed by atoms with Gasteiger partial charge < -0.3 is 4.40 Å². The van der Waals surface area contributed by atoms with E-state index >= 15 is 0 Å². The third-order valence-electron chi connectivity index (χ3n) is 4.96. The molecule has 136 valence electrons. The molecular formula is C21H18N2O2S2. The van der Waals surface area contributed by atoms with E-state index in [1.54, 1.807) is 6.07 Å². The van der Waals surface area contributed by atoms with Crippen molar-refractivity contribution < 1.29 is 8.42 Å². The molecule has 0 aliphatic heterocycles. The fraction of sp³-hybridized carbons (Fsp3) is 0.143. The van der Waals surface area contributed by atoms with E-state index in [-0.39, 0.29) is 12.0 Å². The number of fused-ring (bicyclic) bond motifs is 1. The van der Waals surface area contributed by atoms with Crippen LogP contribution in [-0.2, 0) is 10.0 Å². The Morgan fingerprint density at radius 3 is 2.63 bits per heavy atom. The van der Waals surface area contributed by atoms with Gasteiger partial charge in [-0.25, -0.2) is 13.1 Å². The van der Waals surface area contributed by atoms with Crippen LogP contribution in [0.4, 0.5) is 0 Å². The number of nitrogens with one attached hydrogen (secondary N) is 1. The molecular weight excluding hydrogens is 376 g/mol. The van der Waals surface area contributed by atoms with Crippen LogP contribution in [0.5, 0.6) is 0 Å². The van der Waals surface area contributed by atoms with Gasteiger partial charge in [0.15, 0.2) is 0 Å². The minimum atomic E-state index is -3.49. The fourth-order valence-corrected chi connectivity index (χ4v) is 6.05. The molecule has 6 heteroatoms. The van der Waals surface area contributed by atoms with Crippen LogP contribution in [0.25, 0.3) is 16.0 Å². The molecule has 0 amide bonds. The zero-order valence-corrected chi connectivity index (χ0v) is 16.1. The van der Waals surface area contributed by atoms with Crippen molar-refractivity contribution in [2.45, 2.75) is 22.6 Å². The maximum absolute atomic E-state index is 12.8. The Kier molecular flexibility index (Phi) is 3.93. The predicted molar refractivity (Wildman–Crippen MR) is 109 cm³/mol. The summed E-state index contributed by atoms with van der Waals surface area (Å²) in [5, 5.41) is 0. The first kappa shape index (κ1) is 16.7. The summed E-state index contributed by atoms with van der Waals surface area (Å²) < 4.78 is 30.8. The number of hydrogen-bond acceptors (Lipinski definition) is 3. The molecule has 2 atom stereocenters. The molecule has 1 N–H and O–H groups in total. The van der Waals surface area contributed by atoms with Gasteiger partial charge in [0, 0.05) is 40.3 Å². The lowest BCUT2D eigenvalue weighted by Gasteiger charge is -2.04. The van der Waals surface area contributed by atoms with Crippen molar-refractivity contribution in [2.24, 2.45) is 0 Å². The normalized spacial score (nSPS) is 19.4. The van der Waals surface area contributed by atoms with E-state index in [0.717, 1.165) is 22.4 Å². The largest absolute Gasteiger partial charge is 0.323 e. The Labute approximate surface area is 162 Å². The van der Waals surface area contributed by atoms with Gasteiger partial charge >= 0.3 is 0 Å². The van der Waals surface area contributed by atoms with Gasteiger partial charge in [-0.1, -0.05) is 36.4 Å². The van der Waals surface area contributed by atoms with Gasteiger partial charge in [-0.05, 0) is 42.3 Å². The van der Waals surface area contributed by atoms with Crippen molar-refractivity contribution in [2.75, 3.05) is 0 Å². The highest BCUT2D eigenvalue weighted by Gasteiger charge is 2.41. The lowest BCUT2D eigenvalue weighted by Crippen LogP contribution is -2.26. The number of thiophene rings is 1. The zero-order chi connectivity index (χ0) is 18.4. The Hall–Kier alpha value is -2.41. The fourth-order valence-electron chi connectivity index (χ4n) is 3.46. The summed E-state index contributed by atoms with van der Waals surface area (Å²) in [6.45, 7) is 0. The van der Waals surface area contributed by atoms with Crippen LogP contribution in [0, 0.1) is 0 Å². The smallest absolute Gasteiger partial charge is 0.250 e. The molecule has 4 aromatic rings. The highest BCUT2D eigenvalue weighted by atomic mass is 32.2. The number of nitrogens with zero attached hydrogens (tertiary/aromatic N) is 1. The molecule has 0 spiro atoms. The predicted octanol–water partition coefficient (Wildman–Crippen LogP) is 4.50. The van der Waals surface area contributed by atoms with Crippen LogP contribution in [0.15, 0.2) is 83.3 Å². The molecule has 1 fully saturated rings. The van der Waals surface area contributed by atoms with Crippen LogP contribution in [0.2, 0.25) is 0 Å². The number of pyridine rings is 1. The second kappa shape index (κ2) is 6.34. The molecule has 5 rings (SSSR count). The molecule has 0 radical (unpaired) electrons. The Balaban J connectivity index is 1.36. The lowest BCUT2D eigenvalue weighted by molar-refractivity contribution is 0.582. The van der Waals surface area contributed by atoms with E-state index in [1.807, 2.05) is 59.3 Å². The minimum absolute atomic E-state index is 0.0139. The van der Waals surface area contributed by atoms with Gasteiger partial charge in [0.25, 0.3) is 0 Å². The lowest BCUT2D eigenvalue weighted by atomic mass is 10.1. The summed E-state index contributed by atoms with van der Waals surface area (Å²) in [4.78, 5) is 0.953. The second-order valence-corrected chi connectivity index (χ2v) is 9.89. The van der Waals surface area contributed by atoms with Gasteiger partial charge in [-0.2, -0.15) is 0 Å². The van der Waals surface area contributed by atoms with Gasteiger partial charge in [-0.3, -0.25) is 0 Å². The number of rotatable bonds is 5. The van der Waals surface area contributed by atoms with Crippen molar-refractivity contribution in [1.29, 1.82) is 0 Å². The van der Waals surface area contributed by atoms with E-state index in [2.05, 4.69) is 22.9 Å². The first-order valence-electron chi connectivity index (χ1n) is 8.84. The van der Waals surface area contributed by atoms with Crippen molar-refractivity contribution in [1.82, 2.24) is 9.12 Å². The van der Waals surface area contributed by atoms with E-state index in [0.29, 0.717) is 4.21 Å². The standard InChI is InChI=1S/C21H18N2O2S2/c24-27(25,22-19-13-18(19)15-6-2-1-3-7-15)21-10-9-20(26-21)16-12-17-8-4-5-11-23(17)14-16/h1-12,14,18-19,22H,13H2/t18-,19+/m1/s1. The highest BCUT2D eigenvalue weighted by Crippen LogP contribution is 2.42. The molecule has 0 bridgehead atoms. The molecule has 0 unspecified atom stereocenters. The Morgan fingerprint density at radius 1 is 1.00 bits per heavy atom. The summed E-state index contributed by atoms with van der Waals surface area (Å²) in [6, 6.07) is 21.7. The van der Waals surface area contributed by atoms with Crippen LogP contribution in [0.3, 0.4) is 0 Å². The number of benzene rings is 1. The average molecular weight is 395 g/mol. The van der Waals surface area contributed by atoms with Crippen molar-refractivity contribution in [3.63, 3.8) is 0 Å². The van der Waals surface area contributed by atoms with Gasteiger partial charge in [0.05, 0.1) is 0 Å². The third kappa shape index (κ3) is 3.20. The van der Waals surface area contributed by atoms with E-state index in [4.69, 9.17) is 0 Å². The Morgan fingerprint density at radius 2 is 1.81 bits per heavy atom. The molecule has 1 saturated carbocycles. The quantitative estimate of drug-likeness (QED) is 0.542. The second-order valence-electron chi connectivity index (χ2n) is 6.86. The summed E-state index contributed by atoms with van der Waals surface area (Å²) in [5.74, 6) is 0.275. The molecule has 3 aromatic heterocycles. The molecule has 1 aromatic carbocycles. The van der Waals surface area contributed by atoms with Crippen LogP contribution < -0.4 is 4.72 Å². The summed E-state index contributed by atoms with van der Waals surface area (Å²) in [5.41, 5.74) is 3.31. The molecule has 4 nitrogen and oxygen atoms in total. The monoisotopic (exact) mass is 394 g/mol. The van der Waals surface area contributed by atoms with Crippen LogP contribution >= 0.6 is 11.3 Å². The van der Waals surface area contributed by atoms with E-state index in [1.165, 1.54) is 16.9 Å². The highest BCUT2D eigenvalue weighted by molar-refractivity contribution is 7.91. The summed E-state index contributed by atoms with van der Waals surface area (Å²) in [7, 11) is -3.49.